The third-order valence-corrected chi connectivity index (χ3v) is 3.37. The van der Waals surface area contributed by atoms with Gasteiger partial charge in [-0.15, -0.1) is 0 Å². The molecule has 0 atom stereocenters. The summed E-state index contributed by atoms with van der Waals surface area (Å²) < 4.78 is 5.53. The molecule has 0 bridgehead atoms. The zero-order valence-electron chi connectivity index (χ0n) is 13.3. The number of amides is 1. The van der Waals surface area contributed by atoms with E-state index in [0.717, 1.165) is 28.3 Å². The molecule has 4 heteroatoms. The lowest BCUT2D eigenvalue weighted by Crippen LogP contribution is -2.22. The van der Waals surface area contributed by atoms with Gasteiger partial charge in [-0.25, -0.2) is 0 Å². The molecule has 2 rings (SSSR count). The van der Waals surface area contributed by atoms with Crippen LogP contribution in [-0.2, 0) is 4.79 Å². The molecule has 0 aliphatic rings. The lowest BCUT2D eigenvalue weighted by molar-refractivity contribution is -0.114. The lowest BCUT2D eigenvalue weighted by Gasteiger charge is -2.14. The molecule has 0 unspecified atom stereocenters. The van der Waals surface area contributed by atoms with Crippen molar-refractivity contribution < 1.29 is 9.53 Å². The number of benzene rings is 2. The summed E-state index contributed by atoms with van der Waals surface area (Å²) in [6, 6.07) is 13.6. The minimum absolute atomic E-state index is 0.0799. The Bertz CT molecular complexity index is 633. The summed E-state index contributed by atoms with van der Waals surface area (Å²) in [5.74, 6) is 0.675. The van der Waals surface area contributed by atoms with Crippen LogP contribution in [0.4, 0.5) is 11.4 Å². The van der Waals surface area contributed by atoms with Crippen LogP contribution in [0.2, 0.25) is 0 Å². The molecule has 2 N–H and O–H groups in total. The molecular formula is C18H22N2O2. The molecule has 4 nitrogen and oxygen atoms in total. The molecule has 22 heavy (non-hydrogen) atoms. The number of anilines is 2. The SMILES string of the molecule is CCOc1ccccc1NCC(=O)Nc1c(C)cccc1C. The molecule has 0 aromatic heterocycles. The first-order valence-electron chi connectivity index (χ1n) is 7.43. The van der Waals surface area contributed by atoms with Gasteiger partial charge < -0.3 is 15.4 Å². The molecule has 1 amide bonds. The molecule has 0 saturated heterocycles. The van der Waals surface area contributed by atoms with Crippen molar-refractivity contribution in [3.05, 3.63) is 53.6 Å². The second kappa shape index (κ2) is 7.50. The summed E-state index contributed by atoms with van der Waals surface area (Å²) >= 11 is 0. The number of nitrogens with one attached hydrogen (secondary N) is 2. The van der Waals surface area contributed by atoms with E-state index in [4.69, 9.17) is 4.74 Å². The molecule has 0 spiro atoms. The average Bonchev–Trinajstić information content (AvgIpc) is 2.50. The Labute approximate surface area is 131 Å². The summed E-state index contributed by atoms with van der Waals surface area (Å²) in [5, 5.41) is 6.08. The van der Waals surface area contributed by atoms with Crippen LogP contribution in [0.25, 0.3) is 0 Å². The highest BCUT2D eigenvalue weighted by atomic mass is 16.5. The van der Waals surface area contributed by atoms with Crippen molar-refractivity contribution in [2.75, 3.05) is 23.8 Å². The molecule has 0 radical (unpaired) electrons. The second-order valence-electron chi connectivity index (χ2n) is 5.10. The van der Waals surface area contributed by atoms with Gasteiger partial charge in [0.2, 0.25) is 5.91 Å². The van der Waals surface area contributed by atoms with E-state index in [2.05, 4.69) is 10.6 Å². The van der Waals surface area contributed by atoms with E-state index in [9.17, 15) is 4.79 Å². The van der Waals surface area contributed by atoms with E-state index in [0.29, 0.717) is 6.61 Å². The minimum Gasteiger partial charge on any atom is -0.492 e. The molecule has 2 aromatic carbocycles. The Kier molecular flexibility index (Phi) is 5.42. The van der Waals surface area contributed by atoms with Crippen molar-refractivity contribution in [3.8, 4) is 5.75 Å². The van der Waals surface area contributed by atoms with Crippen LogP contribution in [0.5, 0.6) is 5.75 Å². The van der Waals surface area contributed by atoms with Crippen LogP contribution < -0.4 is 15.4 Å². The van der Waals surface area contributed by atoms with Crippen LogP contribution in [0.15, 0.2) is 42.5 Å². The zero-order chi connectivity index (χ0) is 15.9. The number of carbonyl (C=O) groups excluding carboxylic acids is 1. The first kappa shape index (κ1) is 15.9. The van der Waals surface area contributed by atoms with E-state index in [1.165, 1.54) is 0 Å². The van der Waals surface area contributed by atoms with Crippen LogP contribution in [0.1, 0.15) is 18.1 Å². The first-order valence-corrected chi connectivity index (χ1v) is 7.43. The lowest BCUT2D eigenvalue weighted by atomic mass is 10.1. The maximum Gasteiger partial charge on any atom is 0.243 e. The monoisotopic (exact) mass is 298 g/mol. The van der Waals surface area contributed by atoms with Crippen molar-refractivity contribution in [1.29, 1.82) is 0 Å². The molecule has 0 aliphatic carbocycles. The van der Waals surface area contributed by atoms with Crippen molar-refractivity contribution in [2.45, 2.75) is 20.8 Å². The normalized spacial score (nSPS) is 10.1. The Morgan fingerprint density at radius 1 is 1.05 bits per heavy atom. The van der Waals surface area contributed by atoms with Gasteiger partial charge in [0.1, 0.15) is 5.75 Å². The van der Waals surface area contributed by atoms with Crippen LogP contribution in [0.3, 0.4) is 0 Å². The summed E-state index contributed by atoms with van der Waals surface area (Å²) in [6.07, 6.45) is 0. The number of aryl methyl sites for hydroxylation is 2. The fourth-order valence-electron chi connectivity index (χ4n) is 2.26. The Balaban J connectivity index is 1.99. The largest absolute Gasteiger partial charge is 0.492 e. The van der Waals surface area contributed by atoms with Gasteiger partial charge in [-0.2, -0.15) is 0 Å². The molecule has 0 aliphatic heterocycles. The van der Waals surface area contributed by atoms with Gasteiger partial charge >= 0.3 is 0 Å². The van der Waals surface area contributed by atoms with Crippen LogP contribution in [-0.4, -0.2) is 19.1 Å². The van der Waals surface area contributed by atoms with Crippen LogP contribution >= 0.6 is 0 Å². The Morgan fingerprint density at radius 3 is 2.41 bits per heavy atom. The van der Waals surface area contributed by atoms with Gasteiger partial charge in [0, 0.05) is 5.69 Å². The number of ether oxygens (including phenoxy) is 1. The molecule has 116 valence electrons. The molecule has 0 fully saturated rings. The van der Waals surface area contributed by atoms with Gasteiger partial charge in [-0.3, -0.25) is 4.79 Å². The predicted molar refractivity (Wildman–Crippen MR) is 90.6 cm³/mol. The van der Waals surface area contributed by atoms with Gasteiger partial charge in [-0.1, -0.05) is 30.3 Å². The van der Waals surface area contributed by atoms with E-state index in [-0.39, 0.29) is 12.5 Å². The van der Waals surface area contributed by atoms with Gasteiger partial charge in [0.25, 0.3) is 0 Å². The summed E-state index contributed by atoms with van der Waals surface area (Å²) in [5.41, 5.74) is 3.82. The maximum absolute atomic E-state index is 12.1. The van der Waals surface area contributed by atoms with Crippen molar-refractivity contribution >= 4 is 17.3 Å². The quantitative estimate of drug-likeness (QED) is 0.854. The fourth-order valence-corrected chi connectivity index (χ4v) is 2.26. The highest BCUT2D eigenvalue weighted by Gasteiger charge is 2.08. The Morgan fingerprint density at radius 2 is 1.73 bits per heavy atom. The minimum atomic E-state index is -0.0799. The second-order valence-corrected chi connectivity index (χ2v) is 5.10. The van der Waals surface area contributed by atoms with E-state index in [1.54, 1.807) is 0 Å². The van der Waals surface area contributed by atoms with Crippen molar-refractivity contribution in [1.82, 2.24) is 0 Å². The van der Waals surface area contributed by atoms with Gasteiger partial charge in [-0.05, 0) is 44.0 Å². The third-order valence-electron chi connectivity index (χ3n) is 3.37. The predicted octanol–water partition coefficient (Wildman–Crippen LogP) is 3.75. The Hall–Kier alpha value is -2.49. The number of para-hydroxylation sites is 3. The van der Waals surface area contributed by atoms with Crippen LogP contribution in [0, 0.1) is 13.8 Å². The average molecular weight is 298 g/mol. The van der Waals surface area contributed by atoms with E-state index < -0.39 is 0 Å². The first-order chi connectivity index (χ1) is 10.6. The summed E-state index contributed by atoms with van der Waals surface area (Å²) in [4.78, 5) is 12.1. The number of carbonyl (C=O) groups is 1. The smallest absolute Gasteiger partial charge is 0.243 e. The third kappa shape index (κ3) is 4.01. The standard InChI is InChI=1S/C18H22N2O2/c1-4-22-16-11-6-5-10-15(16)19-12-17(21)20-18-13(2)8-7-9-14(18)3/h5-11,19H,4,12H2,1-3H3,(H,20,21). The number of hydrogen-bond donors (Lipinski definition) is 2. The highest BCUT2D eigenvalue weighted by molar-refractivity contribution is 5.95. The van der Waals surface area contributed by atoms with Crippen molar-refractivity contribution in [2.24, 2.45) is 0 Å². The summed E-state index contributed by atoms with van der Waals surface area (Å²) in [6.45, 7) is 6.69. The number of hydrogen-bond acceptors (Lipinski definition) is 3. The molecule has 0 saturated carbocycles. The topological polar surface area (TPSA) is 50.4 Å². The van der Waals surface area contributed by atoms with E-state index in [1.807, 2.05) is 63.2 Å². The summed E-state index contributed by atoms with van der Waals surface area (Å²) in [7, 11) is 0. The maximum atomic E-state index is 12.1. The molecule has 2 aromatic rings. The van der Waals surface area contributed by atoms with E-state index >= 15 is 0 Å². The zero-order valence-corrected chi connectivity index (χ0v) is 13.3. The fraction of sp³-hybridized carbons (Fsp3) is 0.278. The highest BCUT2D eigenvalue weighted by Crippen LogP contribution is 2.23. The number of rotatable bonds is 6. The molecular weight excluding hydrogens is 276 g/mol. The van der Waals surface area contributed by atoms with Gasteiger partial charge in [0.15, 0.2) is 0 Å². The van der Waals surface area contributed by atoms with Gasteiger partial charge in [0.05, 0.1) is 18.8 Å². The van der Waals surface area contributed by atoms with Crippen molar-refractivity contribution in [3.63, 3.8) is 0 Å². The molecule has 0 heterocycles.